The highest BCUT2D eigenvalue weighted by atomic mass is 16.5. The number of ketones is 1. The van der Waals surface area contributed by atoms with Crippen LogP contribution in [-0.4, -0.2) is 26.9 Å². The van der Waals surface area contributed by atoms with E-state index in [1.54, 1.807) is 48.7 Å². The number of para-hydroxylation sites is 4. The Morgan fingerprint density at radius 2 is 1.53 bits per heavy atom. The molecule has 1 aliphatic heterocycles. The Labute approximate surface area is 217 Å². The van der Waals surface area contributed by atoms with Crippen LogP contribution in [-0.2, 0) is 9.59 Å². The zero-order chi connectivity index (χ0) is 26.2. The van der Waals surface area contributed by atoms with E-state index < -0.39 is 17.7 Å². The molecule has 4 aromatic carbocycles. The predicted molar refractivity (Wildman–Crippen MR) is 144 cm³/mol. The summed E-state index contributed by atoms with van der Waals surface area (Å²) in [6.45, 7) is 0. The van der Waals surface area contributed by atoms with Gasteiger partial charge in [0.15, 0.2) is 0 Å². The highest BCUT2D eigenvalue weighted by molar-refractivity contribution is 6.52. The van der Waals surface area contributed by atoms with Gasteiger partial charge < -0.3 is 19.9 Å². The smallest absolute Gasteiger partial charge is 0.300 e. The Morgan fingerprint density at radius 1 is 0.816 bits per heavy atom. The van der Waals surface area contributed by atoms with Crippen molar-refractivity contribution in [2.45, 2.75) is 6.04 Å². The second-order valence-corrected chi connectivity index (χ2v) is 8.89. The van der Waals surface area contributed by atoms with Crippen molar-refractivity contribution < 1.29 is 24.5 Å². The first kappa shape index (κ1) is 23.1. The largest absolute Gasteiger partial charge is 0.507 e. The number of rotatable bonds is 5. The highest BCUT2D eigenvalue weighted by Gasteiger charge is 2.48. The summed E-state index contributed by atoms with van der Waals surface area (Å²) in [5, 5.41) is 22.9. The molecule has 1 amide bonds. The molecule has 186 valence electrons. The lowest BCUT2D eigenvalue weighted by atomic mass is 9.94. The molecular weight excluding hydrogens is 480 g/mol. The third-order valence-electron chi connectivity index (χ3n) is 6.58. The number of carbonyl (C=O) groups excluding carboxylic acids is 2. The Bertz CT molecular complexity index is 1720. The number of nitrogens with one attached hydrogen (secondary N) is 1. The van der Waals surface area contributed by atoms with Crippen LogP contribution in [0.3, 0.4) is 0 Å². The molecule has 0 saturated carbocycles. The van der Waals surface area contributed by atoms with Gasteiger partial charge >= 0.3 is 0 Å². The third-order valence-corrected chi connectivity index (χ3v) is 6.58. The van der Waals surface area contributed by atoms with Gasteiger partial charge in [0.05, 0.1) is 17.3 Å². The van der Waals surface area contributed by atoms with Gasteiger partial charge in [-0.15, -0.1) is 0 Å². The number of anilines is 1. The summed E-state index contributed by atoms with van der Waals surface area (Å²) in [7, 11) is 0. The summed E-state index contributed by atoms with van der Waals surface area (Å²) in [6.07, 6.45) is 1.61. The van der Waals surface area contributed by atoms with Crippen molar-refractivity contribution in [2.24, 2.45) is 0 Å². The van der Waals surface area contributed by atoms with Crippen LogP contribution < -0.4 is 9.64 Å². The van der Waals surface area contributed by atoms with Crippen LogP contribution >= 0.6 is 0 Å². The molecule has 1 unspecified atom stereocenters. The molecule has 38 heavy (non-hydrogen) atoms. The average Bonchev–Trinajstić information content (AvgIpc) is 3.48. The number of phenolic OH excluding ortho intramolecular Hbond substituents is 1. The van der Waals surface area contributed by atoms with Gasteiger partial charge in [-0.1, -0.05) is 60.7 Å². The number of amides is 1. The normalized spacial score (nSPS) is 16.7. The number of fused-ring (bicyclic) bond motifs is 1. The number of aromatic nitrogens is 1. The Morgan fingerprint density at radius 3 is 2.34 bits per heavy atom. The first-order valence-corrected chi connectivity index (χ1v) is 12.0. The summed E-state index contributed by atoms with van der Waals surface area (Å²) >= 11 is 0. The van der Waals surface area contributed by atoms with Crippen molar-refractivity contribution in [3.05, 3.63) is 126 Å². The van der Waals surface area contributed by atoms with Crippen molar-refractivity contribution >= 4 is 34.0 Å². The van der Waals surface area contributed by atoms with Crippen molar-refractivity contribution in [2.75, 3.05) is 4.90 Å². The van der Waals surface area contributed by atoms with Gasteiger partial charge in [0.1, 0.15) is 23.0 Å². The zero-order valence-corrected chi connectivity index (χ0v) is 20.0. The molecule has 2 heterocycles. The monoisotopic (exact) mass is 502 g/mol. The zero-order valence-electron chi connectivity index (χ0n) is 20.0. The summed E-state index contributed by atoms with van der Waals surface area (Å²) in [5.74, 6) is -1.06. The van der Waals surface area contributed by atoms with E-state index in [1.165, 1.54) is 11.0 Å². The lowest BCUT2D eigenvalue weighted by Crippen LogP contribution is -2.29. The first-order chi connectivity index (χ1) is 18.5. The molecule has 0 spiro atoms. The number of aliphatic hydroxyl groups is 1. The van der Waals surface area contributed by atoms with Crippen LogP contribution in [0.4, 0.5) is 5.69 Å². The van der Waals surface area contributed by atoms with Crippen LogP contribution in [0, 0.1) is 0 Å². The molecule has 1 saturated heterocycles. The molecule has 5 aromatic rings. The van der Waals surface area contributed by atoms with Crippen molar-refractivity contribution in [1.82, 2.24) is 4.98 Å². The maximum absolute atomic E-state index is 13.5. The number of aromatic amines is 1. The molecule has 3 N–H and O–H groups in total. The van der Waals surface area contributed by atoms with E-state index in [0.717, 1.165) is 5.52 Å². The number of hydrogen-bond acceptors (Lipinski definition) is 5. The fourth-order valence-corrected chi connectivity index (χ4v) is 4.85. The van der Waals surface area contributed by atoms with E-state index in [2.05, 4.69) is 4.98 Å². The summed E-state index contributed by atoms with van der Waals surface area (Å²) < 4.78 is 6.00. The number of ether oxygens (including phenoxy) is 1. The second-order valence-electron chi connectivity index (χ2n) is 8.89. The minimum Gasteiger partial charge on any atom is -0.507 e. The maximum atomic E-state index is 13.5. The van der Waals surface area contributed by atoms with Crippen molar-refractivity contribution in [1.29, 1.82) is 0 Å². The topological polar surface area (TPSA) is 103 Å². The Kier molecular flexibility index (Phi) is 5.65. The quantitative estimate of drug-likeness (QED) is 0.149. The first-order valence-electron chi connectivity index (χ1n) is 12.0. The van der Waals surface area contributed by atoms with Gasteiger partial charge in [-0.05, 0) is 48.0 Å². The molecule has 7 heteroatoms. The van der Waals surface area contributed by atoms with Crippen molar-refractivity contribution in [3.63, 3.8) is 0 Å². The van der Waals surface area contributed by atoms with E-state index in [1.807, 2.05) is 54.6 Å². The highest BCUT2D eigenvalue weighted by Crippen LogP contribution is 2.45. The number of nitrogens with zero attached hydrogens (tertiary/aromatic N) is 1. The molecule has 7 nitrogen and oxygen atoms in total. The van der Waals surface area contributed by atoms with Gasteiger partial charge in [0, 0.05) is 22.7 Å². The van der Waals surface area contributed by atoms with Crippen LogP contribution in [0.1, 0.15) is 17.2 Å². The van der Waals surface area contributed by atoms with E-state index in [0.29, 0.717) is 28.0 Å². The molecule has 0 aliphatic carbocycles. The molecule has 1 fully saturated rings. The van der Waals surface area contributed by atoms with E-state index in [9.17, 15) is 19.8 Å². The molecule has 1 aliphatic rings. The van der Waals surface area contributed by atoms with Gasteiger partial charge in [0.25, 0.3) is 11.7 Å². The number of carbonyl (C=O) groups is 2. The van der Waals surface area contributed by atoms with Gasteiger partial charge in [-0.3, -0.25) is 14.5 Å². The predicted octanol–water partition coefficient (Wildman–Crippen LogP) is 6.29. The molecule has 0 bridgehead atoms. The number of hydrogen-bond donors (Lipinski definition) is 3. The Balaban J connectivity index is 1.55. The number of aromatic hydroxyl groups is 1. The summed E-state index contributed by atoms with van der Waals surface area (Å²) in [6, 6.07) is 28.9. The Hall–Kier alpha value is -5.30. The SMILES string of the molecule is O=C1C(=O)N(c2ccccc2O)C(c2cccc(Oc3ccccc3)c2)/C1=C(/O)c1c[nH]c2ccccc12. The third kappa shape index (κ3) is 3.87. The molecule has 1 atom stereocenters. The molecule has 6 rings (SSSR count). The maximum Gasteiger partial charge on any atom is 0.300 e. The number of aliphatic hydroxyl groups excluding tert-OH is 1. The van der Waals surface area contributed by atoms with Crippen molar-refractivity contribution in [3.8, 4) is 17.2 Å². The lowest BCUT2D eigenvalue weighted by Gasteiger charge is -2.26. The number of H-pyrrole nitrogens is 1. The van der Waals surface area contributed by atoms with Gasteiger partial charge in [-0.25, -0.2) is 0 Å². The number of Topliss-reactive ketones (excluding diaryl/α,β-unsaturated/α-hetero) is 1. The number of benzene rings is 4. The molecular formula is C31H22N2O5. The summed E-state index contributed by atoms with van der Waals surface area (Å²) in [4.78, 5) is 31.3. The van der Waals surface area contributed by atoms with E-state index >= 15 is 0 Å². The standard InChI is InChI=1S/C31H22N2O5/c34-26-16-7-6-15-25(26)33-28(19-9-8-12-21(17-19)38-20-10-2-1-3-11-20)27(30(36)31(33)37)29(35)23-18-32-24-14-5-4-13-22(23)24/h1-18,28,32,34-35H/b29-27-. The van der Waals surface area contributed by atoms with Crippen LogP contribution in [0.2, 0.25) is 0 Å². The summed E-state index contributed by atoms with van der Waals surface area (Å²) in [5.41, 5.74) is 1.78. The minimum atomic E-state index is -1.02. The lowest BCUT2D eigenvalue weighted by molar-refractivity contribution is -0.132. The number of phenols is 1. The molecule has 1 aromatic heterocycles. The van der Waals surface area contributed by atoms with Gasteiger partial charge in [-0.2, -0.15) is 0 Å². The van der Waals surface area contributed by atoms with E-state index in [4.69, 9.17) is 4.74 Å². The minimum absolute atomic E-state index is 0.0835. The van der Waals surface area contributed by atoms with Crippen LogP contribution in [0.5, 0.6) is 17.2 Å². The van der Waals surface area contributed by atoms with Crippen LogP contribution in [0.15, 0.2) is 115 Å². The second kappa shape index (κ2) is 9.29. The van der Waals surface area contributed by atoms with E-state index in [-0.39, 0.29) is 22.8 Å². The van der Waals surface area contributed by atoms with Crippen LogP contribution in [0.25, 0.3) is 16.7 Å². The fourth-order valence-electron chi connectivity index (χ4n) is 4.85. The fraction of sp³-hybridized carbons (Fsp3) is 0.0323. The van der Waals surface area contributed by atoms with Gasteiger partial charge in [0.2, 0.25) is 0 Å². The average molecular weight is 503 g/mol. The molecule has 0 radical (unpaired) electrons.